The highest BCUT2D eigenvalue weighted by Crippen LogP contribution is 2.50. The Labute approximate surface area is 121 Å². The lowest BCUT2D eigenvalue weighted by Crippen LogP contribution is -2.55. The third kappa shape index (κ3) is 2.16. The number of nitrogens with two attached hydrogens (primary N) is 1. The van der Waals surface area contributed by atoms with Crippen LogP contribution in [0, 0.1) is 5.41 Å². The van der Waals surface area contributed by atoms with E-state index in [0.717, 1.165) is 6.54 Å². The molecule has 2 unspecified atom stereocenters. The van der Waals surface area contributed by atoms with Crippen molar-refractivity contribution < 1.29 is 0 Å². The first-order chi connectivity index (χ1) is 8.97. The molecule has 0 saturated heterocycles. The van der Waals surface area contributed by atoms with Crippen LogP contribution in [0.15, 0.2) is 11.4 Å². The fraction of sp³-hybridized carbons (Fsp3) is 0.750. The van der Waals surface area contributed by atoms with Gasteiger partial charge in [-0.15, -0.1) is 11.3 Å². The lowest BCUT2D eigenvalue weighted by Gasteiger charge is -2.47. The number of fused-ring (bicyclic) bond motifs is 1. The lowest BCUT2D eigenvalue weighted by atomic mass is 9.84. The van der Waals surface area contributed by atoms with Crippen molar-refractivity contribution in [2.45, 2.75) is 58.0 Å². The summed E-state index contributed by atoms with van der Waals surface area (Å²) in [6, 6.07) is 2.86. The molecule has 1 aromatic heterocycles. The average Bonchev–Trinajstić information content (AvgIpc) is 2.95. The standard InChI is InChI=1S/C16H26N2S/c1-12-13-5-9-19-14(13)4-8-18(12)16(11-17)7-6-15(2,3)10-16/h5,9,12H,4,6-8,10-11,17H2,1-3H3. The summed E-state index contributed by atoms with van der Waals surface area (Å²) in [4.78, 5) is 4.31. The summed E-state index contributed by atoms with van der Waals surface area (Å²) in [5, 5.41) is 2.25. The maximum atomic E-state index is 6.24. The molecule has 3 rings (SSSR count). The number of thiophene rings is 1. The van der Waals surface area contributed by atoms with E-state index in [2.05, 4.69) is 37.1 Å². The molecule has 1 aliphatic carbocycles. The molecule has 2 aliphatic rings. The monoisotopic (exact) mass is 278 g/mol. The zero-order valence-electron chi connectivity index (χ0n) is 12.4. The molecule has 2 N–H and O–H groups in total. The van der Waals surface area contributed by atoms with Crippen molar-refractivity contribution in [3.63, 3.8) is 0 Å². The predicted octanol–water partition coefficient (Wildman–Crippen LogP) is 3.57. The van der Waals surface area contributed by atoms with Gasteiger partial charge in [-0.05, 0) is 55.0 Å². The zero-order chi connectivity index (χ0) is 13.7. The van der Waals surface area contributed by atoms with Crippen LogP contribution in [0.25, 0.3) is 0 Å². The van der Waals surface area contributed by atoms with E-state index in [-0.39, 0.29) is 5.54 Å². The van der Waals surface area contributed by atoms with Crippen LogP contribution in [0.3, 0.4) is 0 Å². The molecular formula is C16H26N2S. The van der Waals surface area contributed by atoms with Gasteiger partial charge in [0, 0.05) is 29.5 Å². The summed E-state index contributed by atoms with van der Waals surface area (Å²) in [5.41, 5.74) is 8.48. The van der Waals surface area contributed by atoms with Crippen LogP contribution in [0.5, 0.6) is 0 Å². The number of nitrogens with zero attached hydrogens (tertiary/aromatic N) is 1. The molecule has 0 aromatic carbocycles. The van der Waals surface area contributed by atoms with Gasteiger partial charge in [0.25, 0.3) is 0 Å². The van der Waals surface area contributed by atoms with Gasteiger partial charge in [-0.25, -0.2) is 0 Å². The number of hydrogen-bond donors (Lipinski definition) is 1. The summed E-state index contributed by atoms with van der Waals surface area (Å²) in [6.45, 7) is 9.15. The summed E-state index contributed by atoms with van der Waals surface area (Å²) in [6.07, 6.45) is 5.03. The van der Waals surface area contributed by atoms with Gasteiger partial charge in [0.05, 0.1) is 0 Å². The maximum absolute atomic E-state index is 6.24. The summed E-state index contributed by atoms with van der Waals surface area (Å²) >= 11 is 1.92. The van der Waals surface area contributed by atoms with Gasteiger partial charge in [-0.2, -0.15) is 0 Å². The first-order valence-corrected chi connectivity index (χ1v) is 8.39. The summed E-state index contributed by atoms with van der Waals surface area (Å²) in [7, 11) is 0. The Morgan fingerprint density at radius 2 is 2.21 bits per heavy atom. The molecule has 1 aliphatic heterocycles. The van der Waals surface area contributed by atoms with Crippen LogP contribution in [-0.4, -0.2) is 23.5 Å². The first kappa shape index (κ1) is 13.6. The Balaban J connectivity index is 1.90. The fourth-order valence-corrected chi connectivity index (χ4v) is 5.30. The molecule has 106 valence electrons. The van der Waals surface area contributed by atoms with E-state index in [1.54, 1.807) is 10.4 Å². The molecule has 2 atom stereocenters. The van der Waals surface area contributed by atoms with E-state index in [4.69, 9.17) is 5.73 Å². The molecular weight excluding hydrogens is 252 g/mol. The maximum Gasteiger partial charge on any atom is 0.0343 e. The van der Waals surface area contributed by atoms with E-state index in [0.29, 0.717) is 11.5 Å². The summed E-state index contributed by atoms with van der Waals surface area (Å²) in [5.74, 6) is 0. The number of hydrogen-bond acceptors (Lipinski definition) is 3. The Morgan fingerprint density at radius 3 is 2.84 bits per heavy atom. The highest BCUT2D eigenvalue weighted by Gasteiger charge is 2.48. The van der Waals surface area contributed by atoms with Gasteiger partial charge in [0.1, 0.15) is 0 Å². The molecule has 2 nitrogen and oxygen atoms in total. The molecule has 1 saturated carbocycles. The quantitative estimate of drug-likeness (QED) is 0.896. The molecule has 0 bridgehead atoms. The van der Waals surface area contributed by atoms with Crippen LogP contribution in [-0.2, 0) is 6.42 Å². The van der Waals surface area contributed by atoms with Gasteiger partial charge >= 0.3 is 0 Å². The van der Waals surface area contributed by atoms with Crippen molar-refractivity contribution in [2.24, 2.45) is 11.1 Å². The predicted molar refractivity (Wildman–Crippen MR) is 82.6 cm³/mol. The molecule has 0 amide bonds. The SMILES string of the molecule is CC1c2ccsc2CCN1C1(CN)CCC(C)(C)C1. The van der Waals surface area contributed by atoms with Crippen LogP contribution in [0.2, 0.25) is 0 Å². The Hall–Kier alpha value is -0.380. The second-order valence-electron chi connectivity index (χ2n) is 7.19. The van der Waals surface area contributed by atoms with Crippen LogP contribution in [0.1, 0.15) is 56.5 Å². The molecule has 0 spiro atoms. The zero-order valence-corrected chi connectivity index (χ0v) is 13.2. The van der Waals surface area contributed by atoms with Crippen LogP contribution < -0.4 is 5.73 Å². The van der Waals surface area contributed by atoms with Gasteiger partial charge in [0.15, 0.2) is 0 Å². The van der Waals surface area contributed by atoms with Crippen molar-refractivity contribution in [2.75, 3.05) is 13.1 Å². The fourth-order valence-electron chi connectivity index (χ4n) is 4.33. The van der Waals surface area contributed by atoms with Gasteiger partial charge < -0.3 is 5.73 Å². The molecule has 0 radical (unpaired) electrons. The highest BCUT2D eigenvalue weighted by atomic mass is 32.1. The van der Waals surface area contributed by atoms with Crippen molar-refractivity contribution in [3.8, 4) is 0 Å². The second kappa shape index (κ2) is 4.57. The van der Waals surface area contributed by atoms with Crippen molar-refractivity contribution in [3.05, 3.63) is 21.9 Å². The molecule has 1 fully saturated rings. The van der Waals surface area contributed by atoms with Crippen molar-refractivity contribution in [1.82, 2.24) is 4.90 Å². The van der Waals surface area contributed by atoms with E-state index >= 15 is 0 Å². The van der Waals surface area contributed by atoms with Crippen molar-refractivity contribution in [1.29, 1.82) is 0 Å². The smallest absolute Gasteiger partial charge is 0.0343 e. The molecule has 2 heterocycles. The molecule has 3 heteroatoms. The van der Waals surface area contributed by atoms with Gasteiger partial charge in [-0.1, -0.05) is 13.8 Å². The minimum absolute atomic E-state index is 0.239. The highest BCUT2D eigenvalue weighted by molar-refractivity contribution is 7.10. The Morgan fingerprint density at radius 1 is 1.42 bits per heavy atom. The molecule has 19 heavy (non-hydrogen) atoms. The van der Waals surface area contributed by atoms with Crippen LogP contribution in [0.4, 0.5) is 0 Å². The largest absolute Gasteiger partial charge is 0.329 e. The average molecular weight is 278 g/mol. The number of rotatable bonds is 2. The minimum atomic E-state index is 0.239. The van der Waals surface area contributed by atoms with Crippen molar-refractivity contribution >= 4 is 11.3 Å². The normalized spacial score (nSPS) is 34.4. The molecule has 1 aromatic rings. The van der Waals surface area contributed by atoms with Crippen LogP contribution >= 0.6 is 11.3 Å². The lowest BCUT2D eigenvalue weighted by molar-refractivity contribution is 0.0444. The third-order valence-electron chi connectivity index (χ3n) is 5.34. The topological polar surface area (TPSA) is 29.3 Å². The van der Waals surface area contributed by atoms with E-state index in [1.165, 1.54) is 32.2 Å². The second-order valence-corrected chi connectivity index (χ2v) is 8.19. The Bertz CT molecular complexity index is 465. The van der Waals surface area contributed by atoms with E-state index < -0.39 is 0 Å². The van der Waals surface area contributed by atoms with Gasteiger partial charge in [0.2, 0.25) is 0 Å². The van der Waals surface area contributed by atoms with E-state index in [9.17, 15) is 0 Å². The Kier molecular flexibility index (Phi) is 3.27. The van der Waals surface area contributed by atoms with Gasteiger partial charge in [-0.3, -0.25) is 4.90 Å². The van der Waals surface area contributed by atoms with E-state index in [1.807, 2.05) is 11.3 Å². The third-order valence-corrected chi connectivity index (χ3v) is 6.34. The first-order valence-electron chi connectivity index (χ1n) is 7.51. The minimum Gasteiger partial charge on any atom is -0.329 e. The summed E-state index contributed by atoms with van der Waals surface area (Å²) < 4.78 is 0.